The molecule has 0 aromatic carbocycles. The molecular formula is C13H18BrN3O. The molecule has 5 heteroatoms. The molecule has 1 aromatic rings. The highest BCUT2D eigenvalue weighted by Gasteiger charge is 2.31. The van der Waals surface area contributed by atoms with Gasteiger partial charge in [0.2, 0.25) is 0 Å². The maximum Gasteiger partial charge on any atom is 0.252 e. The van der Waals surface area contributed by atoms with E-state index in [1.807, 2.05) is 0 Å². The van der Waals surface area contributed by atoms with Crippen molar-refractivity contribution in [2.24, 2.45) is 11.8 Å². The number of amides is 1. The molecule has 1 heterocycles. The molecule has 1 saturated carbocycles. The Labute approximate surface area is 115 Å². The van der Waals surface area contributed by atoms with Crippen molar-refractivity contribution in [3.8, 4) is 0 Å². The largest absolute Gasteiger partial charge is 0.384 e. The lowest BCUT2D eigenvalue weighted by Crippen LogP contribution is -2.37. The third-order valence-corrected chi connectivity index (χ3v) is 4.53. The van der Waals surface area contributed by atoms with Gasteiger partial charge in [-0.25, -0.2) is 4.98 Å². The number of halogens is 1. The fourth-order valence-electron chi connectivity index (χ4n) is 2.44. The van der Waals surface area contributed by atoms with E-state index >= 15 is 0 Å². The van der Waals surface area contributed by atoms with Crippen LogP contribution in [0.2, 0.25) is 0 Å². The number of anilines is 1. The van der Waals surface area contributed by atoms with Crippen LogP contribution in [0.25, 0.3) is 0 Å². The molecule has 98 valence electrons. The summed E-state index contributed by atoms with van der Waals surface area (Å²) in [5, 5.41) is 3.09. The minimum absolute atomic E-state index is 0.0816. The van der Waals surface area contributed by atoms with Crippen LogP contribution in [0.1, 0.15) is 37.0 Å². The second-order valence-electron chi connectivity index (χ2n) is 5.08. The van der Waals surface area contributed by atoms with Crippen LogP contribution in [-0.4, -0.2) is 16.9 Å². The normalized spacial score (nSPS) is 27.2. The van der Waals surface area contributed by atoms with Gasteiger partial charge in [0.1, 0.15) is 5.82 Å². The Morgan fingerprint density at radius 2 is 2.22 bits per heavy atom. The predicted molar refractivity (Wildman–Crippen MR) is 75.2 cm³/mol. The molecule has 3 N–H and O–H groups in total. The fourth-order valence-corrected chi connectivity index (χ4v) is 2.84. The Bertz CT molecular complexity index is 464. The number of nitrogen functional groups attached to an aromatic ring is 1. The lowest BCUT2D eigenvalue weighted by Gasteiger charge is -2.20. The van der Waals surface area contributed by atoms with Gasteiger partial charge in [0.05, 0.1) is 5.56 Å². The Morgan fingerprint density at radius 1 is 1.50 bits per heavy atom. The molecule has 0 spiro atoms. The number of carbonyl (C=O) groups excluding carboxylic acids is 1. The highest BCUT2D eigenvalue weighted by atomic mass is 79.9. The summed E-state index contributed by atoms with van der Waals surface area (Å²) in [5.74, 6) is 1.46. The molecule has 0 aliphatic heterocycles. The minimum Gasteiger partial charge on any atom is -0.384 e. The monoisotopic (exact) mass is 311 g/mol. The van der Waals surface area contributed by atoms with E-state index in [1.54, 1.807) is 12.3 Å². The second-order valence-corrected chi connectivity index (χ2v) is 5.94. The molecule has 4 nitrogen and oxygen atoms in total. The third kappa shape index (κ3) is 2.66. The van der Waals surface area contributed by atoms with Crippen LogP contribution in [0, 0.1) is 11.8 Å². The van der Waals surface area contributed by atoms with Crippen LogP contribution in [0.4, 0.5) is 5.82 Å². The van der Waals surface area contributed by atoms with Gasteiger partial charge in [-0.05, 0) is 46.7 Å². The molecule has 18 heavy (non-hydrogen) atoms. The maximum absolute atomic E-state index is 12.2. The van der Waals surface area contributed by atoms with Crippen LogP contribution in [0.5, 0.6) is 0 Å². The number of hydrogen-bond acceptors (Lipinski definition) is 3. The first kappa shape index (κ1) is 13.3. The molecule has 3 atom stereocenters. The van der Waals surface area contributed by atoms with Crippen molar-refractivity contribution in [2.75, 3.05) is 5.73 Å². The van der Waals surface area contributed by atoms with E-state index in [1.165, 1.54) is 6.42 Å². The van der Waals surface area contributed by atoms with Gasteiger partial charge in [-0.2, -0.15) is 0 Å². The molecule has 1 aliphatic rings. The number of nitrogens with two attached hydrogens (primary N) is 1. The van der Waals surface area contributed by atoms with Crippen molar-refractivity contribution >= 4 is 27.7 Å². The first-order valence-electron chi connectivity index (χ1n) is 6.21. The Balaban J connectivity index is 2.10. The van der Waals surface area contributed by atoms with Gasteiger partial charge < -0.3 is 11.1 Å². The number of pyridine rings is 1. The van der Waals surface area contributed by atoms with Gasteiger partial charge >= 0.3 is 0 Å². The molecule has 3 unspecified atom stereocenters. The third-order valence-electron chi connectivity index (χ3n) is 3.90. The number of hydrogen-bond donors (Lipinski definition) is 2. The summed E-state index contributed by atoms with van der Waals surface area (Å²) in [7, 11) is 0. The summed E-state index contributed by atoms with van der Waals surface area (Å²) in [4.78, 5) is 16.1. The summed E-state index contributed by atoms with van der Waals surface area (Å²) in [6.07, 6.45) is 3.78. The van der Waals surface area contributed by atoms with Gasteiger partial charge in [0.15, 0.2) is 0 Å². The van der Waals surface area contributed by atoms with Crippen LogP contribution in [0.15, 0.2) is 16.7 Å². The number of aromatic nitrogens is 1. The molecule has 1 aliphatic carbocycles. The molecule has 2 rings (SSSR count). The minimum atomic E-state index is -0.0816. The summed E-state index contributed by atoms with van der Waals surface area (Å²) in [6.45, 7) is 4.43. The lowest BCUT2D eigenvalue weighted by atomic mass is 9.97. The molecule has 0 radical (unpaired) electrons. The van der Waals surface area contributed by atoms with Gasteiger partial charge in [-0.3, -0.25) is 4.79 Å². The first-order valence-corrected chi connectivity index (χ1v) is 7.00. The fraction of sp³-hybridized carbons (Fsp3) is 0.538. The van der Waals surface area contributed by atoms with E-state index in [4.69, 9.17) is 5.73 Å². The topological polar surface area (TPSA) is 68.0 Å². The average molecular weight is 312 g/mol. The average Bonchev–Trinajstić information content (AvgIpc) is 2.64. The Hall–Kier alpha value is -1.10. The molecular weight excluding hydrogens is 294 g/mol. The number of carbonyl (C=O) groups is 1. The van der Waals surface area contributed by atoms with Crippen LogP contribution in [-0.2, 0) is 0 Å². The van der Waals surface area contributed by atoms with E-state index in [0.717, 1.165) is 6.42 Å². The highest BCUT2D eigenvalue weighted by molar-refractivity contribution is 9.10. The van der Waals surface area contributed by atoms with Crippen molar-refractivity contribution in [1.82, 2.24) is 10.3 Å². The molecule has 0 saturated heterocycles. The predicted octanol–water partition coefficient (Wildman–Crippen LogP) is 2.59. The van der Waals surface area contributed by atoms with E-state index in [0.29, 0.717) is 27.7 Å². The quantitative estimate of drug-likeness (QED) is 0.882. The van der Waals surface area contributed by atoms with E-state index in [9.17, 15) is 4.79 Å². The van der Waals surface area contributed by atoms with Crippen molar-refractivity contribution in [2.45, 2.75) is 32.7 Å². The smallest absolute Gasteiger partial charge is 0.252 e. The number of rotatable bonds is 2. The van der Waals surface area contributed by atoms with Gasteiger partial charge in [-0.15, -0.1) is 0 Å². The molecule has 0 bridgehead atoms. The van der Waals surface area contributed by atoms with E-state index in [2.05, 4.69) is 40.1 Å². The van der Waals surface area contributed by atoms with Gasteiger partial charge in [-0.1, -0.05) is 13.8 Å². The standard InChI is InChI=1S/C13H18BrN3O/c1-7-3-4-11(8(7)2)17-13(18)9-5-12(15)16-6-10(9)14/h5-8,11H,3-4H2,1-2H3,(H2,15,16)(H,17,18). The van der Waals surface area contributed by atoms with Gasteiger partial charge in [0, 0.05) is 16.7 Å². The number of nitrogens with one attached hydrogen (secondary N) is 1. The Morgan fingerprint density at radius 3 is 2.83 bits per heavy atom. The SMILES string of the molecule is CC1CCC(NC(=O)c2cc(N)ncc2Br)C1C. The van der Waals surface area contributed by atoms with Crippen molar-refractivity contribution in [3.63, 3.8) is 0 Å². The molecule has 1 amide bonds. The summed E-state index contributed by atoms with van der Waals surface area (Å²) in [5.41, 5.74) is 6.16. The van der Waals surface area contributed by atoms with Crippen LogP contribution < -0.4 is 11.1 Å². The lowest BCUT2D eigenvalue weighted by molar-refractivity contribution is 0.0926. The van der Waals surface area contributed by atoms with Crippen molar-refractivity contribution in [3.05, 3.63) is 22.3 Å². The highest BCUT2D eigenvalue weighted by Crippen LogP contribution is 2.31. The zero-order chi connectivity index (χ0) is 13.3. The van der Waals surface area contributed by atoms with Crippen molar-refractivity contribution in [1.29, 1.82) is 0 Å². The summed E-state index contributed by atoms with van der Waals surface area (Å²) >= 11 is 3.33. The maximum atomic E-state index is 12.2. The number of nitrogens with zero attached hydrogens (tertiary/aromatic N) is 1. The summed E-state index contributed by atoms with van der Waals surface area (Å²) < 4.78 is 0.674. The second kappa shape index (κ2) is 5.26. The zero-order valence-corrected chi connectivity index (χ0v) is 12.2. The zero-order valence-electron chi connectivity index (χ0n) is 10.6. The Kier molecular flexibility index (Phi) is 3.90. The van der Waals surface area contributed by atoms with Crippen LogP contribution >= 0.6 is 15.9 Å². The molecule has 1 aromatic heterocycles. The van der Waals surface area contributed by atoms with Gasteiger partial charge in [0.25, 0.3) is 5.91 Å². The summed E-state index contributed by atoms with van der Waals surface area (Å²) in [6, 6.07) is 1.86. The first-order chi connectivity index (χ1) is 8.49. The van der Waals surface area contributed by atoms with Crippen LogP contribution in [0.3, 0.4) is 0 Å². The van der Waals surface area contributed by atoms with E-state index < -0.39 is 0 Å². The van der Waals surface area contributed by atoms with Crippen molar-refractivity contribution < 1.29 is 4.79 Å². The van der Waals surface area contributed by atoms with E-state index in [-0.39, 0.29) is 11.9 Å². The molecule has 1 fully saturated rings.